The topological polar surface area (TPSA) is 0 Å². The van der Waals surface area contributed by atoms with Gasteiger partial charge in [0.05, 0.1) is 0 Å². The van der Waals surface area contributed by atoms with Crippen LogP contribution < -0.4 is 0 Å². The Balaban J connectivity index is 4.01. The van der Waals surface area contributed by atoms with Gasteiger partial charge < -0.3 is 0 Å². The molecule has 0 fully saturated rings. The van der Waals surface area contributed by atoms with Crippen LogP contribution in [0.25, 0.3) is 0 Å². The molecule has 0 amide bonds. The molecule has 0 saturated carbocycles. The number of allylic oxidation sites excluding steroid dienone is 2. The molecule has 0 atom stereocenters. The van der Waals surface area contributed by atoms with Crippen LogP contribution in [0, 0.1) is 0 Å². The molecule has 0 rings (SSSR count). The minimum atomic E-state index is 1.08. The first kappa shape index (κ1) is 9.09. The third-order valence-electron chi connectivity index (χ3n) is 1.60. The summed E-state index contributed by atoms with van der Waals surface area (Å²) in [5.41, 5.74) is 1.50. The normalized spacial score (nSPS) is 9.33. The lowest BCUT2D eigenvalue weighted by Gasteiger charge is -2.03. The second-order valence-electron chi connectivity index (χ2n) is 2.11. The third kappa shape index (κ3) is 2.95. The smallest absolute Gasteiger partial charge is 0.0195 e. The van der Waals surface area contributed by atoms with Crippen molar-refractivity contribution in [2.75, 3.05) is 0 Å². The maximum absolute atomic E-state index is 4.36. The summed E-state index contributed by atoms with van der Waals surface area (Å²) in [7, 11) is 0. The SMILES string of the molecule is CCC(S)=C(CC)CC. The van der Waals surface area contributed by atoms with E-state index in [-0.39, 0.29) is 0 Å². The maximum Gasteiger partial charge on any atom is -0.0195 e. The second kappa shape index (κ2) is 4.92. The molecule has 0 heterocycles. The van der Waals surface area contributed by atoms with Gasteiger partial charge in [0.1, 0.15) is 0 Å². The molecule has 0 bridgehead atoms. The Morgan fingerprint density at radius 2 is 1.44 bits per heavy atom. The van der Waals surface area contributed by atoms with Gasteiger partial charge in [-0.2, -0.15) is 0 Å². The van der Waals surface area contributed by atoms with Crippen molar-refractivity contribution in [3.8, 4) is 0 Å². The summed E-state index contributed by atoms with van der Waals surface area (Å²) in [6, 6.07) is 0. The fourth-order valence-corrected chi connectivity index (χ4v) is 1.22. The summed E-state index contributed by atoms with van der Waals surface area (Å²) < 4.78 is 0. The molecule has 54 valence electrons. The van der Waals surface area contributed by atoms with Crippen LogP contribution in [-0.2, 0) is 0 Å². The molecule has 0 aliphatic rings. The second-order valence-corrected chi connectivity index (χ2v) is 2.65. The Morgan fingerprint density at radius 3 is 1.56 bits per heavy atom. The summed E-state index contributed by atoms with van der Waals surface area (Å²) in [6.07, 6.45) is 3.40. The average Bonchev–Trinajstić information content (AvgIpc) is 1.90. The zero-order valence-corrected chi connectivity index (χ0v) is 7.46. The summed E-state index contributed by atoms with van der Waals surface area (Å²) in [6.45, 7) is 6.52. The molecule has 0 nitrogen and oxygen atoms in total. The van der Waals surface area contributed by atoms with Crippen molar-refractivity contribution in [2.45, 2.75) is 40.0 Å². The van der Waals surface area contributed by atoms with E-state index in [1.807, 2.05) is 0 Å². The Kier molecular flexibility index (Phi) is 4.97. The quantitative estimate of drug-likeness (QED) is 0.577. The van der Waals surface area contributed by atoms with Crippen molar-refractivity contribution in [2.24, 2.45) is 0 Å². The first-order valence-electron chi connectivity index (χ1n) is 3.66. The Hall–Kier alpha value is 0.0900. The maximum atomic E-state index is 4.36. The van der Waals surface area contributed by atoms with Gasteiger partial charge in [-0.25, -0.2) is 0 Å². The Labute approximate surface area is 63.8 Å². The van der Waals surface area contributed by atoms with Crippen LogP contribution in [0.5, 0.6) is 0 Å². The van der Waals surface area contributed by atoms with Crippen LogP contribution in [-0.4, -0.2) is 0 Å². The highest BCUT2D eigenvalue weighted by molar-refractivity contribution is 7.84. The van der Waals surface area contributed by atoms with Gasteiger partial charge in [0.25, 0.3) is 0 Å². The van der Waals surface area contributed by atoms with E-state index >= 15 is 0 Å². The summed E-state index contributed by atoms with van der Waals surface area (Å²) in [5.74, 6) is 0. The monoisotopic (exact) mass is 144 g/mol. The van der Waals surface area contributed by atoms with Gasteiger partial charge in [-0.05, 0) is 24.2 Å². The largest absolute Gasteiger partial charge is 0.148 e. The molecule has 1 heteroatoms. The van der Waals surface area contributed by atoms with E-state index < -0.39 is 0 Å². The van der Waals surface area contributed by atoms with Gasteiger partial charge >= 0.3 is 0 Å². The van der Waals surface area contributed by atoms with E-state index in [2.05, 4.69) is 33.4 Å². The van der Waals surface area contributed by atoms with Crippen LogP contribution in [0.1, 0.15) is 40.0 Å². The van der Waals surface area contributed by atoms with Gasteiger partial charge in [0.15, 0.2) is 0 Å². The van der Waals surface area contributed by atoms with Crippen molar-refractivity contribution in [1.82, 2.24) is 0 Å². The summed E-state index contributed by atoms with van der Waals surface area (Å²) >= 11 is 4.36. The van der Waals surface area contributed by atoms with Crippen molar-refractivity contribution in [3.63, 3.8) is 0 Å². The van der Waals surface area contributed by atoms with E-state index in [0.29, 0.717) is 0 Å². The zero-order valence-electron chi connectivity index (χ0n) is 6.57. The van der Waals surface area contributed by atoms with Crippen molar-refractivity contribution in [3.05, 3.63) is 10.5 Å². The number of hydrogen-bond donors (Lipinski definition) is 1. The van der Waals surface area contributed by atoms with Crippen molar-refractivity contribution >= 4 is 12.6 Å². The highest BCUT2D eigenvalue weighted by Crippen LogP contribution is 2.17. The van der Waals surface area contributed by atoms with Crippen LogP contribution in [0.4, 0.5) is 0 Å². The summed E-state index contributed by atoms with van der Waals surface area (Å²) in [4.78, 5) is 1.28. The van der Waals surface area contributed by atoms with Crippen LogP contribution >= 0.6 is 12.6 Å². The molecule has 0 aromatic rings. The van der Waals surface area contributed by atoms with Crippen LogP contribution in [0.3, 0.4) is 0 Å². The van der Waals surface area contributed by atoms with Gasteiger partial charge in [0.2, 0.25) is 0 Å². The van der Waals surface area contributed by atoms with Gasteiger partial charge in [-0.15, -0.1) is 12.6 Å². The minimum Gasteiger partial charge on any atom is -0.148 e. The van der Waals surface area contributed by atoms with Crippen molar-refractivity contribution in [1.29, 1.82) is 0 Å². The molecular weight excluding hydrogens is 128 g/mol. The molecule has 9 heavy (non-hydrogen) atoms. The first-order chi connectivity index (χ1) is 4.26. The molecule has 0 spiro atoms. The standard InChI is InChI=1S/C8H16S/c1-4-7(5-2)8(9)6-3/h9H,4-6H2,1-3H3. The van der Waals surface area contributed by atoms with E-state index in [1.54, 1.807) is 0 Å². The van der Waals surface area contributed by atoms with Crippen molar-refractivity contribution < 1.29 is 0 Å². The predicted octanol–water partition coefficient (Wildman–Crippen LogP) is 3.40. The average molecular weight is 144 g/mol. The molecule has 0 N–H and O–H groups in total. The van der Waals surface area contributed by atoms with E-state index in [9.17, 15) is 0 Å². The lowest BCUT2D eigenvalue weighted by molar-refractivity contribution is 0.947. The van der Waals surface area contributed by atoms with E-state index in [0.717, 1.165) is 19.3 Å². The highest BCUT2D eigenvalue weighted by atomic mass is 32.1. The van der Waals surface area contributed by atoms with Gasteiger partial charge in [0, 0.05) is 0 Å². The third-order valence-corrected chi connectivity index (χ3v) is 2.23. The molecule has 0 aliphatic heterocycles. The van der Waals surface area contributed by atoms with E-state index in [4.69, 9.17) is 0 Å². The fraction of sp³-hybridized carbons (Fsp3) is 0.750. The minimum absolute atomic E-state index is 1.08. The lowest BCUT2D eigenvalue weighted by Crippen LogP contribution is -1.81. The highest BCUT2D eigenvalue weighted by Gasteiger charge is 1.94. The van der Waals surface area contributed by atoms with Crippen LogP contribution in [0.15, 0.2) is 10.5 Å². The number of rotatable bonds is 3. The van der Waals surface area contributed by atoms with E-state index in [1.165, 1.54) is 10.5 Å². The van der Waals surface area contributed by atoms with Crippen LogP contribution in [0.2, 0.25) is 0 Å². The molecular formula is C8H16S. The number of thiol groups is 1. The van der Waals surface area contributed by atoms with Gasteiger partial charge in [-0.1, -0.05) is 26.3 Å². The first-order valence-corrected chi connectivity index (χ1v) is 4.10. The molecule has 0 aromatic carbocycles. The lowest BCUT2D eigenvalue weighted by atomic mass is 10.1. The molecule has 0 radical (unpaired) electrons. The fourth-order valence-electron chi connectivity index (χ4n) is 0.908. The molecule has 0 unspecified atom stereocenters. The molecule has 0 aliphatic carbocycles. The zero-order chi connectivity index (χ0) is 7.28. The predicted molar refractivity (Wildman–Crippen MR) is 46.9 cm³/mol. The molecule has 0 aromatic heterocycles. The Bertz CT molecular complexity index is 97.1. The summed E-state index contributed by atoms with van der Waals surface area (Å²) in [5, 5.41) is 0. The Morgan fingerprint density at radius 1 is 1.00 bits per heavy atom. The van der Waals surface area contributed by atoms with Gasteiger partial charge in [-0.3, -0.25) is 0 Å². The number of hydrogen-bond acceptors (Lipinski definition) is 1. The molecule has 0 saturated heterocycles.